The summed E-state index contributed by atoms with van der Waals surface area (Å²) in [5.41, 5.74) is 2.26. The molecule has 2 aromatic rings. The zero-order chi connectivity index (χ0) is 13.1. The van der Waals surface area contributed by atoms with Crippen molar-refractivity contribution >= 4 is 23.4 Å². The second-order valence-electron chi connectivity index (χ2n) is 3.61. The van der Waals surface area contributed by atoms with E-state index >= 15 is 0 Å². The first-order valence-corrected chi connectivity index (χ1v) is 6.90. The lowest BCUT2D eigenvalue weighted by atomic mass is 10.2. The molecule has 0 saturated carbocycles. The highest BCUT2D eigenvalue weighted by Gasteiger charge is 2.16. The minimum atomic E-state index is 0.245. The number of hydrogen-bond donors (Lipinski definition) is 0. The Balaban J connectivity index is 1.78. The maximum Gasteiger partial charge on any atom is 0.277 e. The number of rotatable bonds is 4. The summed E-state index contributed by atoms with van der Waals surface area (Å²) in [7, 11) is 0. The molecular formula is C12H9ClN2O3S. The molecule has 0 saturated heterocycles. The van der Waals surface area contributed by atoms with E-state index in [1.165, 1.54) is 17.3 Å². The van der Waals surface area contributed by atoms with Gasteiger partial charge in [-0.1, -0.05) is 29.4 Å². The Morgan fingerprint density at radius 3 is 3.05 bits per heavy atom. The summed E-state index contributed by atoms with van der Waals surface area (Å²) in [5.74, 6) is 2.56. The minimum Gasteiger partial charge on any atom is -0.454 e. The zero-order valence-electron chi connectivity index (χ0n) is 9.71. The van der Waals surface area contributed by atoms with Gasteiger partial charge >= 0.3 is 0 Å². The first-order valence-electron chi connectivity index (χ1n) is 5.48. The van der Waals surface area contributed by atoms with E-state index in [-0.39, 0.29) is 6.79 Å². The topological polar surface area (TPSA) is 57.4 Å². The molecule has 0 radical (unpaired) electrons. The van der Waals surface area contributed by atoms with Crippen LogP contribution in [-0.4, -0.2) is 22.7 Å². The molecule has 1 aromatic heterocycles. The molecule has 19 heavy (non-hydrogen) atoms. The molecule has 3 rings (SSSR count). The maximum atomic E-state index is 5.54. The smallest absolute Gasteiger partial charge is 0.277 e. The fourth-order valence-electron chi connectivity index (χ4n) is 1.57. The molecule has 0 spiro atoms. The van der Waals surface area contributed by atoms with Crippen molar-refractivity contribution in [2.24, 2.45) is 0 Å². The number of ether oxygens (including phenoxy) is 2. The summed E-state index contributed by atoms with van der Waals surface area (Å²) < 4.78 is 16.1. The van der Waals surface area contributed by atoms with Crippen LogP contribution in [0.4, 0.5) is 0 Å². The Morgan fingerprint density at radius 1 is 1.26 bits per heavy atom. The van der Waals surface area contributed by atoms with Crippen LogP contribution < -0.4 is 9.47 Å². The summed E-state index contributed by atoms with van der Waals surface area (Å²) in [6.45, 7) is 0.245. The molecule has 0 N–H and O–H groups in total. The van der Waals surface area contributed by atoms with Crippen LogP contribution in [0.3, 0.4) is 0 Å². The average molecular weight is 297 g/mol. The second-order valence-corrected chi connectivity index (χ2v) is 4.84. The first-order chi connectivity index (χ1) is 9.36. The van der Waals surface area contributed by atoms with Gasteiger partial charge in [-0.2, -0.15) is 0 Å². The number of aromatic nitrogens is 2. The van der Waals surface area contributed by atoms with Crippen LogP contribution >= 0.6 is 23.4 Å². The molecule has 5 nitrogen and oxygen atoms in total. The van der Waals surface area contributed by atoms with Crippen LogP contribution in [0.2, 0.25) is 0 Å². The van der Waals surface area contributed by atoms with Gasteiger partial charge in [0, 0.05) is 16.9 Å². The molecule has 1 aliphatic rings. The van der Waals surface area contributed by atoms with Crippen molar-refractivity contribution < 1.29 is 13.9 Å². The first kappa shape index (κ1) is 12.4. The van der Waals surface area contributed by atoms with Crippen molar-refractivity contribution in [2.45, 2.75) is 5.22 Å². The molecule has 98 valence electrons. The van der Waals surface area contributed by atoms with Gasteiger partial charge in [-0.25, -0.2) is 0 Å². The third-order valence-electron chi connectivity index (χ3n) is 2.42. The van der Waals surface area contributed by atoms with Crippen LogP contribution in [-0.2, 0) is 0 Å². The zero-order valence-corrected chi connectivity index (χ0v) is 11.3. The molecule has 1 aromatic carbocycles. The number of halogens is 1. The van der Waals surface area contributed by atoms with E-state index < -0.39 is 0 Å². The standard InChI is InChI=1S/C12H9ClN2O3S/c13-4-1-5-19-12-15-14-11(18-12)8-2-3-9-10(6-8)17-7-16-9/h1-4,6H,5,7H2/b4-1+. The van der Waals surface area contributed by atoms with Gasteiger partial charge in [-0.15, -0.1) is 10.2 Å². The maximum absolute atomic E-state index is 5.54. The third kappa shape index (κ3) is 2.69. The van der Waals surface area contributed by atoms with Crippen LogP contribution in [0.25, 0.3) is 11.5 Å². The summed E-state index contributed by atoms with van der Waals surface area (Å²) in [5, 5.41) is 8.46. The highest BCUT2D eigenvalue weighted by molar-refractivity contribution is 7.99. The molecule has 0 aliphatic carbocycles. The van der Waals surface area contributed by atoms with Gasteiger partial charge in [0.1, 0.15) is 0 Å². The normalized spacial score (nSPS) is 13.3. The Bertz CT molecular complexity index is 615. The molecular weight excluding hydrogens is 288 g/mol. The van der Waals surface area contributed by atoms with E-state index in [0.29, 0.717) is 22.6 Å². The van der Waals surface area contributed by atoms with Gasteiger partial charge in [0.2, 0.25) is 12.7 Å². The van der Waals surface area contributed by atoms with E-state index in [2.05, 4.69) is 10.2 Å². The summed E-state index contributed by atoms with van der Waals surface area (Å²) >= 11 is 6.86. The van der Waals surface area contributed by atoms with Crippen molar-refractivity contribution in [1.29, 1.82) is 0 Å². The number of nitrogens with zero attached hydrogens (tertiary/aromatic N) is 2. The highest BCUT2D eigenvalue weighted by Crippen LogP contribution is 2.35. The lowest BCUT2D eigenvalue weighted by Crippen LogP contribution is -1.92. The van der Waals surface area contributed by atoms with Crippen molar-refractivity contribution in [3.8, 4) is 23.0 Å². The molecule has 0 fully saturated rings. The summed E-state index contributed by atoms with van der Waals surface area (Å²) in [6, 6.07) is 5.50. The molecule has 0 atom stereocenters. The van der Waals surface area contributed by atoms with Crippen molar-refractivity contribution in [3.05, 3.63) is 29.8 Å². The molecule has 0 bridgehead atoms. The molecule has 7 heteroatoms. The second kappa shape index (κ2) is 5.54. The van der Waals surface area contributed by atoms with E-state index in [0.717, 1.165) is 11.3 Å². The Kier molecular flexibility index (Phi) is 3.61. The number of benzene rings is 1. The van der Waals surface area contributed by atoms with Crippen LogP contribution in [0.1, 0.15) is 0 Å². The van der Waals surface area contributed by atoms with Crippen molar-refractivity contribution in [2.75, 3.05) is 12.5 Å². The molecule has 1 aliphatic heterocycles. The van der Waals surface area contributed by atoms with Gasteiger partial charge in [-0.05, 0) is 18.2 Å². The van der Waals surface area contributed by atoms with Crippen molar-refractivity contribution in [3.63, 3.8) is 0 Å². The summed E-state index contributed by atoms with van der Waals surface area (Å²) in [4.78, 5) is 0. The van der Waals surface area contributed by atoms with E-state index in [9.17, 15) is 0 Å². The van der Waals surface area contributed by atoms with E-state index in [4.69, 9.17) is 25.5 Å². The van der Waals surface area contributed by atoms with Gasteiger partial charge < -0.3 is 13.9 Å². The Hall–Kier alpha value is -1.66. The van der Waals surface area contributed by atoms with E-state index in [1.807, 2.05) is 18.2 Å². The number of fused-ring (bicyclic) bond motifs is 1. The molecule has 0 amide bonds. The highest BCUT2D eigenvalue weighted by atomic mass is 35.5. The Morgan fingerprint density at radius 2 is 2.16 bits per heavy atom. The summed E-state index contributed by atoms with van der Waals surface area (Å²) in [6.07, 6.45) is 1.80. The number of hydrogen-bond acceptors (Lipinski definition) is 6. The SMILES string of the molecule is Cl/C=C/CSc1nnc(-c2ccc3c(c2)OCO3)o1. The van der Waals surface area contributed by atoms with Gasteiger partial charge in [0.05, 0.1) is 0 Å². The van der Waals surface area contributed by atoms with Gasteiger partial charge in [0.15, 0.2) is 11.5 Å². The third-order valence-corrected chi connectivity index (χ3v) is 3.37. The predicted molar refractivity (Wildman–Crippen MR) is 71.6 cm³/mol. The molecule has 2 heterocycles. The monoisotopic (exact) mass is 296 g/mol. The lowest BCUT2D eigenvalue weighted by molar-refractivity contribution is 0.174. The van der Waals surface area contributed by atoms with Crippen LogP contribution in [0.15, 0.2) is 39.5 Å². The Labute approximate surface area is 118 Å². The van der Waals surface area contributed by atoms with Gasteiger partial charge in [0.25, 0.3) is 5.22 Å². The fourth-order valence-corrected chi connectivity index (χ4v) is 2.34. The van der Waals surface area contributed by atoms with Crippen molar-refractivity contribution in [1.82, 2.24) is 10.2 Å². The van der Waals surface area contributed by atoms with Gasteiger partial charge in [-0.3, -0.25) is 0 Å². The number of thioether (sulfide) groups is 1. The quantitative estimate of drug-likeness (QED) is 0.807. The van der Waals surface area contributed by atoms with Crippen LogP contribution in [0.5, 0.6) is 11.5 Å². The minimum absolute atomic E-state index is 0.245. The lowest BCUT2D eigenvalue weighted by Gasteiger charge is -1.97. The largest absolute Gasteiger partial charge is 0.454 e. The average Bonchev–Trinajstić information content (AvgIpc) is 3.06. The molecule has 0 unspecified atom stereocenters. The van der Waals surface area contributed by atoms with Crippen LogP contribution in [0, 0.1) is 0 Å². The van der Waals surface area contributed by atoms with E-state index in [1.54, 1.807) is 6.08 Å². The predicted octanol–water partition coefficient (Wildman–Crippen LogP) is 3.31. The fraction of sp³-hybridized carbons (Fsp3) is 0.167.